The van der Waals surface area contributed by atoms with E-state index in [2.05, 4.69) is 27.5 Å². The first-order valence-corrected chi connectivity index (χ1v) is 15.7. The van der Waals surface area contributed by atoms with Crippen LogP contribution in [0.25, 0.3) is 21.6 Å². The summed E-state index contributed by atoms with van der Waals surface area (Å²) in [6, 6.07) is 33.1. The fourth-order valence-corrected chi connectivity index (χ4v) is 5.62. The number of aliphatic hydroxyl groups is 1. The number of azide groups is 1. The summed E-state index contributed by atoms with van der Waals surface area (Å²) in [5, 5.41) is 16.0. The van der Waals surface area contributed by atoms with Gasteiger partial charge in [0, 0.05) is 50.2 Å². The zero-order chi connectivity index (χ0) is 32.9. The zero-order valence-corrected chi connectivity index (χ0v) is 26.4. The van der Waals surface area contributed by atoms with Gasteiger partial charge in [-0.3, -0.25) is 4.79 Å². The summed E-state index contributed by atoms with van der Waals surface area (Å²) in [4.78, 5) is 22.5. The van der Waals surface area contributed by atoms with Crippen molar-refractivity contribution in [1.82, 2.24) is 5.32 Å². The molecule has 10 heteroatoms. The molecule has 1 aliphatic rings. The van der Waals surface area contributed by atoms with Crippen molar-refractivity contribution in [3.8, 4) is 16.9 Å². The number of carbonyl (C=O) groups excluding carboxylic acids is 1. The molecule has 0 aliphatic carbocycles. The van der Waals surface area contributed by atoms with E-state index in [1.54, 1.807) is 7.11 Å². The van der Waals surface area contributed by atoms with Gasteiger partial charge in [0.2, 0.25) is 5.90 Å². The molecule has 1 aliphatic heterocycles. The third-order valence-corrected chi connectivity index (χ3v) is 8.04. The smallest absolute Gasteiger partial charge is 0.252 e. The Morgan fingerprint density at radius 2 is 1.60 bits per heavy atom. The second-order valence-corrected chi connectivity index (χ2v) is 11.2. The van der Waals surface area contributed by atoms with E-state index in [-0.39, 0.29) is 25.5 Å². The highest BCUT2D eigenvalue weighted by Gasteiger charge is 2.53. The number of hydrogen-bond acceptors (Lipinski definition) is 7. The average molecular weight is 634 g/mol. The molecule has 47 heavy (non-hydrogen) atoms. The number of hydrogen-bond donors (Lipinski definition) is 2. The molecule has 0 spiro atoms. The van der Waals surface area contributed by atoms with Gasteiger partial charge in [0.25, 0.3) is 5.91 Å². The standard InChI is InChI=1S/C37H39N5O5/c1-45-23-7-21-39-36(44)37(25-31-11-5-6-12-32(31)26-40-42-38)34(29-15-13-28(14-16-29)27-9-3-2-4-10-27)47-35(41-37)30-17-19-33(20-18-30)46-24-8-22-43/h2-6,9-20,34,43H,7-8,21-26H2,1H3,(H,39,44)/t34-,37-/m1/s1. The number of carbonyl (C=O) groups is 1. The molecule has 0 fully saturated rings. The van der Waals surface area contributed by atoms with E-state index in [9.17, 15) is 4.79 Å². The molecular formula is C37H39N5O5. The van der Waals surface area contributed by atoms with Crippen molar-refractivity contribution in [2.24, 2.45) is 10.1 Å². The molecule has 2 atom stereocenters. The van der Waals surface area contributed by atoms with Gasteiger partial charge in [0.1, 0.15) is 5.75 Å². The van der Waals surface area contributed by atoms with Crippen molar-refractivity contribution < 1.29 is 24.1 Å². The van der Waals surface area contributed by atoms with Crippen molar-refractivity contribution in [3.63, 3.8) is 0 Å². The molecule has 0 bridgehead atoms. The van der Waals surface area contributed by atoms with Crippen LogP contribution in [-0.4, -0.2) is 55.9 Å². The van der Waals surface area contributed by atoms with Gasteiger partial charge in [0.15, 0.2) is 11.6 Å². The minimum atomic E-state index is -1.39. The highest BCUT2D eigenvalue weighted by atomic mass is 16.5. The summed E-state index contributed by atoms with van der Waals surface area (Å²) in [5.74, 6) is 0.717. The van der Waals surface area contributed by atoms with Crippen LogP contribution in [0, 0.1) is 0 Å². The van der Waals surface area contributed by atoms with Gasteiger partial charge in [-0.05, 0) is 64.0 Å². The number of benzene rings is 4. The number of nitrogens with one attached hydrogen (secondary N) is 1. The maximum absolute atomic E-state index is 14.4. The molecule has 5 rings (SSSR count). The number of methoxy groups -OCH3 is 1. The van der Waals surface area contributed by atoms with Crippen LogP contribution in [0.15, 0.2) is 113 Å². The van der Waals surface area contributed by atoms with Gasteiger partial charge in [-0.25, -0.2) is 4.99 Å². The Hall–Kier alpha value is -5.15. The second kappa shape index (κ2) is 16.4. The van der Waals surface area contributed by atoms with E-state index in [1.165, 1.54) is 0 Å². The fourth-order valence-electron chi connectivity index (χ4n) is 5.62. The first kappa shape index (κ1) is 33.2. The lowest BCUT2D eigenvalue weighted by Crippen LogP contribution is -2.50. The summed E-state index contributed by atoms with van der Waals surface area (Å²) >= 11 is 0. The first-order chi connectivity index (χ1) is 23.1. The van der Waals surface area contributed by atoms with Gasteiger partial charge in [-0.2, -0.15) is 0 Å². The van der Waals surface area contributed by atoms with E-state index in [1.807, 2.05) is 91.0 Å². The van der Waals surface area contributed by atoms with E-state index in [0.717, 1.165) is 27.8 Å². The van der Waals surface area contributed by atoms with E-state index in [0.29, 0.717) is 49.8 Å². The maximum atomic E-state index is 14.4. The Morgan fingerprint density at radius 1 is 0.915 bits per heavy atom. The topological polar surface area (TPSA) is 138 Å². The van der Waals surface area contributed by atoms with Crippen molar-refractivity contribution in [1.29, 1.82) is 0 Å². The van der Waals surface area contributed by atoms with Crippen molar-refractivity contribution >= 4 is 11.8 Å². The third kappa shape index (κ3) is 8.17. The molecule has 1 amide bonds. The van der Waals surface area contributed by atoms with Gasteiger partial charge >= 0.3 is 0 Å². The average Bonchev–Trinajstić information content (AvgIpc) is 3.51. The summed E-state index contributed by atoms with van der Waals surface area (Å²) in [6.45, 7) is 1.50. The molecule has 0 unspecified atom stereocenters. The Bertz CT molecular complexity index is 1690. The van der Waals surface area contributed by atoms with E-state index >= 15 is 0 Å². The van der Waals surface area contributed by atoms with Gasteiger partial charge < -0.3 is 24.6 Å². The Labute approximate surface area is 274 Å². The summed E-state index contributed by atoms with van der Waals surface area (Å²) in [6.07, 6.45) is 0.609. The minimum Gasteiger partial charge on any atom is -0.494 e. The minimum absolute atomic E-state index is 0.0536. The number of nitrogens with zero attached hydrogens (tertiary/aromatic N) is 4. The van der Waals surface area contributed by atoms with Crippen LogP contribution in [0.2, 0.25) is 0 Å². The lowest BCUT2D eigenvalue weighted by Gasteiger charge is -2.31. The quantitative estimate of drug-likeness (QED) is 0.0622. The second-order valence-electron chi connectivity index (χ2n) is 11.2. The molecule has 0 saturated carbocycles. The predicted molar refractivity (Wildman–Crippen MR) is 181 cm³/mol. The molecule has 0 aromatic heterocycles. The largest absolute Gasteiger partial charge is 0.494 e. The Kier molecular flexibility index (Phi) is 11.6. The molecule has 4 aromatic rings. The van der Waals surface area contributed by atoms with Crippen LogP contribution in [0.4, 0.5) is 0 Å². The normalized spacial score (nSPS) is 16.9. The van der Waals surface area contributed by atoms with Crippen LogP contribution in [0.5, 0.6) is 5.75 Å². The molecule has 0 saturated heterocycles. The number of rotatable bonds is 16. The van der Waals surface area contributed by atoms with E-state index < -0.39 is 11.6 Å². The number of aliphatic hydroxyl groups excluding tert-OH is 1. The summed E-state index contributed by atoms with van der Waals surface area (Å²) in [5.41, 5.74) is 12.9. The highest BCUT2D eigenvalue weighted by molar-refractivity contribution is 6.01. The maximum Gasteiger partial charge on any atom is 0.252 e. The van der Waals surface area contributed by atoms with E-state index in [4.69, 9.17) is 29.8 Å². The van der Waals surface area contributed by atoms with Crippen LogP contribution in [0.1, 0.15) is 41.2 Å². The van der Waals surface area contributed by atoms with Crippen molar-refractivity contribution in [2.45, 2.75) is 37.5 Å². The number of ether oxygens (including phenoxy) is 3. The third-order valence-electron chi connectivity index (χ3n) is 8.04. The predicted octanol–water partition coefficient (Wildman–Crippen LogP) is 6.58. The van der Waals surface area contributed by atoms with Gasteiger partial charge in [-0.1, -0.05) is 84.0 Å². The number of amides is 1. The van der Waals surface area contributed by atoms with Gasteiger partial charge in [0.05, 0.1) is 13.2 Å². The SMILES string of the molecule is COCCCNC(=O)[C@]1(Cc2ccccc2CN=[N+]=[N-])N=C(c2ccc(OCCCO)cc2)O[C@@H]1c1ccc(-c2ccccc2)cc1. The van der Waals surface area contributed by atoms with Crippen molar-refractivity contribution in [3.05, 3.63) is 136 Å². The molecular weight excluding hydrogens is 594 g/mol. The fraction of sp³-hybridized carbons (Fsp3) is 0.297. The van der Waals surface area contributed by atoms with Crippen LogP contribution >= 0.6 is 0 Å². The highest BCUT2D eigenvalue weighted by Crippen LogP contribution is 2.43. The Balaban J connectivity index is 1.58. The number of aliphatic imine (C=N–C) groups is 1. The van der Waals surface area contributed by atoms with Crippen molar-refractivity contribution in [2.75, 3.05) is 33.5 Å². The molecule has 242 valence electrons. The lowest BCUT2D eigenvalue weighted by atomic mass is 9.80. The molecule has 1 heterocycles. The van der Waals surface area contributed by atoms with Crippen LogP contribution in [0.3, 0.4) is 0 Å². The van der Waals surface area contributed by atoms with Crippen LogP contribution in [-0.2, 0) is 27.2 Å². The first-order valence-electron chi connectivity index (χ1n) is 15.7. The monoisotopic (exact) mass is 633 g/mol. The van der Waals surface area contributed by atoms with Crippen LogP contribution < -0.4 is 10.1 Å². The molecule has 2 N–H and O–H groups in total. The molecule has 4 aromatic carbocycles. The Morgan fingerprint density at radius 3 is 2.30 bits per heavy atom. The van der Waals surface area contributed by atoms with Gasteiger partial charge in [-0.15, -0.1) is 0 Å². The molecule has 10 nitrogen and oxygen atoms in total. The summed E-state index contributed by atoms with van der Waals surface area (Å²) in [7, 11) is 1.63. The zero-order valence-electron chi connectivity index (χ0n) is 26.4. The summed E-state index contributed by atoms with van der Waals surface area (Å²) < 4.78 is 17.6. The molecule has 0 radical (unpaired) electrons. The lowest BCUT2D eigenvalue weighted by molar-refractivity contribution is -0.129.